The summed E-state index contributed by atoms with van der Waals surface area (Å²) in [5.74, 6) is -0.744. The fraction of sp³-hybridized carbons (Fsp3) is 0.0556. The van der Waals surface area contributed by atoms with E-state index in [0.717, 1.165) is 18.5 Å². The molecule has 0 saturated heterocycles. The topological polar surface area (TPSA) is 66.9 Å². The normalized spacial score (nSPS) is 11.1. The van der Waals surface area contributed by atoms with E-state index in [1.54, 1.807) is 0 Å². The molecule has 3 aromatic rings. The van der Waals surface area contributed by atoms with Crippen LogP contribution in [0.1, 0.15) is 16.1 Å². The van der Waals surface area contributed by atoms with Crippen LogP contribution in [0, 0.1) is 5.82 Å². The first-order chi connectivity index (χ1) is 12.8. The Labute approximate surface area is 151 Å². The molecule has 0 radical (unpaired) electrons. The Morgan fingerprint density at radius 3 is 2.15 bits per heavy atom. The zero-order chi connectivity index (χ0) is 19.4. The second-order valence-electron chi connectivity index (χ2n) is 5.45. The largest absolute Gasteiger partial charge is 0.416 e. The van der Waals surface area contributed by atoms with Crippen molar-refractivity contribution < 1.29 is 22.4 Å². The van der Waals surface area contributed by atoms with Crippen LogP contribution >= 0.6 is 0 Å². The van der Waals surface area contributed by atoms with E-state index in [1.165, 1.54) is 42.5 Å². The number of anilines is 3. The van der Waals surface area contributed by atoms with Gasteiger partial charge >= 0.3 is 6.18 Å². The Balaban J connectivity index is 1.71. The molecule has 1 amide bonds. The average molecular weight is 376 g/mol. The molecule has 2 N–H and O–H groups in total. The highest BCUT2D eigenvalue weighted by Crippen LogP contribution is 2.30. The van der Waals surface area contributed by atoms with E-state index >= 15 is 0 Å². The van der Waals surface area contributed by atoms with Crippen LogP contribution in [0.15, 0.2) is 60.9 Å². The Kier molecular flexibility index (Phi) is 5.02. The predicted octanol–water partition coefficient (Wildman–Crippen LogP) is 4.63. The number of benzene rings is 2. The van der Waals surface area contributed by atoms with Crippen molar-refractivity contribution >= 4 is 23.1 Å². The van der Waals surface area contributed by atoms with Gasteiger partial charge in [-0.15, -0.1) is 0 Å². The van der Waals surface area contributed by atoms with E-state index in [-0.39, 0.29) is 11.5 Å². The number of amides is 1. The third kappa shape index (κ3) is 4.78. The van der Waals surface area contributed by atoms with Crippen molar-refractivity contribution in [3.05, 3.63) is 78.0 Å². The number of nitrogens with zero attached hydrogens (tertiary/aromatic N) is 2. The van der Waals surface area contributed by atoms with Crippen molar-refractivity contribution in [2.75, 3.05) is 10.6 Å². The zero-order valence-corrected chi connectivity index (χ0v) is 13.6. The van der Waals surface area contributed by atoms with Gasteiger partial charge in [-0.3, -0.25) is 4.79 Å². The molecule has 0 atom stereocenters. The summed E-state index contributed by atoms with van der Waals surface area (Å²) in [6.45, 7) is 0. The Morgan fingerprint density at radius 1 is 0.889 bits per heavy atom. The van der Waals surface area contributed by atoms with Crippen LogP contribution in [-0.2, 0) is 6.18 Å². The van der Waals surface area contributed by atoms with Gasteiger partial charge in [0.25, 0.3) is 5.91 Å². The van der Waals surface area contributed by atoms with Gasteiger partial charge < -0.3 is 10.6 Å². The molecule has 0 saturated carbocycles. The van der Waals surface area contributed by atoms with Crippen molar-refractivity contribution in [1.29, 1.82) is 0 Å². The van der Waals surface area contributed by atoms with E-state index in [0.29, 0.717) is 11.4 Å². The highest BCUT2D eigenvalue weighted by molar-refractivity contribution is 6.03. The number of hydrogen-bond acceptors (Lipinski definition) is 4. The summed E-state index contributed by atoms with van der Waals surface area (Å²) >= 11 is 0. The lowest BCUT2D eigenvalue weighted by Gasteiger charge is -2.10. The molecule has 3 rings (SSSR count). The molecule has 0 aliphatic heterocycles. The minimum Gasteiger partial charge on any atom is -0.340 e. The summed E-state index contributed by atoms with van der Waals surface area (Å²) in [7, 11) is 0. The number of carbonyl (C=O) groups is 1. The fourth-order valence-corrected chi connectivity index (χ4v) is 2.17. The number of hydrogen-bond donors (Lipinski definition) is 2. The second kappa shape index (κ2) is 7.40. The molecule has 0 fully saturated rings. The van der Waals surface area contributed by atoms with Crippen molar-refractivity contribution in [3.63, 3.8) is 0 Å². The summed E-state index contributed by atoms with van der Waals surface area (Å²) in [4.78, 5) is 20.0. The lowest BCUT2D eigenvalue weighted by Crippen LogP contribution is -2.14. The summed E-state index contributed by atoms with van der Waals surface area (Å²) < 4.78 is 50.6. The van der Waals surface area contributed by atoms with Crippen LogP contribution in [0.5, 0.6) is 0 Å². The standard InChI is InChI=1S/C18H12F4N4O/c19-12-3-7-14(8-4-12)26-17(27)15-9-16(24-10-23-15)25-13-5-1-11(2-6-13)18(20,21)22/h1-10H,(H,26,27)(H,23,24,25). The maximum absolute atomic E-state index is 12.9. The average Bonchev–Trinajstić information content (AvgIpc) is 2.63. The molecule has 5 nitrogen and oxygen atoms in total. The molecular weight excluding hydrogens is 364 g/mol. The van der Waals surface area contributed by atoms with Crippen LogP contribution in [0.3, 0.4) is 0 Å². The molecule has 2 aromatic carbocycles. The third-order valence-electron chi connectivity index (χ3n) is 3.49. The van der Waals surface area contributed by atoms with Gasteiger partial charge in [0.1, 0.15) is 23.7 Å². The first-order valence-electron chi connectivity index (χ1n) is 7.64. The van der Waals surface area contributed by atoms with E-state index in [2.05, 4.69) is 20.6 Å². The molecular formula is C18H12F4N4O. The number of aromatic nitrogens is 2. The Morgan fingerprint density at radius 2 is 1.52 bits per heavy atom. The number of carbonyl (C=O) groups excluding carboxylic acids is 1. The van der Waals surface area contributed by atoms with E-state index in [9.17, 15) is 22.4 Å². The minimum absolute atomic E-state index is 0.0312. The molecule has 9 heteroatoms. The highest BCUT2D eigenvalue weighted by atomic mass is 19.4. The maximum atomic E-state index is 12.9. The first kappa shape index (κ1) is 18.3. The van der Waals surface area contributed by atoms with Gasteiger partial charge in [-0.05, 0) is 48.5 Å². The summed E-state index contributed by atoms with van der Waals surface area (Å²) in [5, 5.41) is 5.35. The number of halogens is 4. The monoisotopic (exact) mass is 376 g/mol. The predicted molar refractivity (Wildman–Crippen MR) is 91.1 cm³/mol. The van der Waals surface area contributed by atoms with Gasteiger partial charge in [-0.25, -0.2) is 14.4 Å². The molecule has 0 aliphatic carbocycles. The van der Waals surface area contributed by atoms with Crippen molar-refractivity contribution in [2.45, 2.75) is 6.18 Å². The van der Waals surface area contributed by atoms with Crippen LogP contribution < -0.4 is 10.6 Å². The third-order valence-corrected chi connectivity index (χ3v) is 3.49. The van der Waals surface area contributed by atoms with Crippen LogP contribution in [0.25, 0.3) is 0 Å². The van der Waals surface area contributed by atoms with Crippen molar-refractivity contribution in [1.82, 2.24) is 9.97 Å². The molecule has 1 heterocycles. The smallest absolute Gasteiger partial charge is 0.340 e. The van der Waals surface area contributed by atoms with E-state index in [1.807, 2.05) is 0 Å². The fourth-order valence-electron chi connectivity index (χ4n) is 2.17. The quantitative estimate of drug-likeness (QED) is 0.652. The SMILES string of the molecule is O=C(Nc1ccc(F)cc1)c1cc(Nc2ccc(C(F)(F)F)cc2)ncn1. The molecule has 138 valence electrons. The molecule has 0 aliphatic rings. The number of alkyl halides is 3. The highest BCUT2D eigenvalue weighted by Gasteiger charge is 2.29. The van der Waals surface area contributed by atoms with Crippen LogP contribution in [0.2, 0.25) is 0 Å². The van der Waals surface area contributed by atoms with Gasteiger partial charge in [0, 0.05) is 17.4 Å². The second-order valence-corrected chi connectivity index (χ2v) is 5.45. The number of rotatable bonds is 4. The molecule has 0 spiro atoms. The molecule has 0 bridgehead atoms. The van der Waals surface area contributed by atoms with Crippen molar-refractivity contribution in [2.24, 2.45) is 0 Å². The van der Waals surface area contributed by atoms with Crippen LogP contribution in [0.4, 0.5) is 34.8 Å². The minimum atomic E-state index is -4.42. The molecule has 0 unspecified atom stereocenters. The zero-order valence-electron chi connectivity index (χ0n) is 13.6. The van der Waals surface area contributed by atoms with E-state index in [4.69, 9.17) is 0 Å². The summed E-state index contributed by atoms with van der Waals surface area (Å²) in [6, 6.07) is 10.9. The lowest BCUT2D eigenvalue weighted by molar-refractivity contribution is -0.137. The van der Waals surface area contributed by atoms with Gasteiger partial charge in [0.15, 0.2) is 0 Å². The van der Waals surface area contributed by atoms with E-state index < -0.39 is 23.5 Å². The summed E-state index contributed by atoms with van der Waals surface area (Å²) in [5.41, 5.74) is 0.0164. The lowest BCUT2D eigenvalue weighted by atomic mass is 10.2. The number of nitrogens with one attached hydrogen (secondary N) is 2. The van der Waals surface area contributed by atoms with Crippen molar-refractivity contribution in [3.8, 4) is 0 Å². The van der Waals surface area contributed by atoms with Crippen LogP contribution in [-0.4, -0.2) is 15.9 Å². The molecule has 1 aromatic heterocycles. The van der Waals surface area contributed by atoms with Gasteiger partial charge in [0.05, 0.1) is 5.56 Å². The van der Waals surface area contributed by atoms with Gasteiger partial charge in [-0.2, -0.15) is 13.2 Å². The summed E-state index contributed by atoms with van der Waals surface area (Å²) in [6.07, 6.45) is -3.27. The molecule has 27 heavy (non-hydrogen) atoms. The Hall–Kier alpha value is -3.49. The van der Waals surface area contributed by atoms with Gasteiger partial charge in [0.2, 0.25) is 0 Å². The van der Waals surface area contributed by atoms with Gasteiger partial charge in [-0.1, -0.05) is 0 Å². The first-order valence-corrected chi connectivity index (χ1v) is 7.64. The Bertz CT molecular complexity index is 941. The maximum Gasteiger partial charge on any atom is 0.416 e.